The zero-order valence-corrected chi connectivity index (χ0v) is 15.3. The minimum Gasteiger partial charge on any atom is -0.494 e. The number of hydrogen-bond acceptors (Lipinski definition) is 4. The molecule has 1 saturated heterocycles. The van der Waals surface area contributed by atoms with E-state index in [0.29, 0.717) is 29.6 Å². The van der Waals surface area contributed by atoms with Gasteiger partial charge in [0.2, 0.25) is 5.91 Å². The molecule has 1 unspecified atom stereocenters. The Morgan fingerprint density at radius 1 is 1.12 bits per heavy atom. The second kappa shape index (κ2) is 8.34. The molecule has 2 aromatic carbocycles. The van der Waals surface area contributed by atoms with E-state index in [0.717, 1.165) is 12.0 Å². The minimum atomic E-state index is -0.485. The maximum Gasteiger partial charge on any atom is 0.251 e. The maximum atomic E-state index is 12.6. The third-order valence-corrected chi connectivity index (χ3v) is 4.52. The molecule has 0 bridgehead atoms. The fourth-order valence-corrected chi connectivity index (χ4v) is 3.09. The lowest BCUT2D eigenvalue weighted by molar-refractivity contribution is -0.121. The number of carbonyl (C=O) groups is 2. The molecule has 1 aliphatic rings. The normalized spacial score (nSPS) is 17.0. The van der Waals surface area contributed by atoms with Crippen LogP contribution < -0.4 is 15.0 Å². The first kappa shape index (κ1) is 18.4. The molecular weight excluding hydrogens is 352 g/mol. The van der Waals surface area contributed by atoms with Crippen LogP contribution in [0.5, 0.6) is 5.75 Å². The average Bonchev–Trinajstić information content (AvgIpc) is 2.92. The van der Waals surface area contributed by atoms with Gasteiger partial charge in [0.15, 0.2) is 0 Å². The second-order valence-corrected chi connectivity index (χ2v) is 6.52. The standard InChI is InChI=1S/C20H21ClN2O3/c1-2-26-17-9-7-16(8-10-17)23-19(24)13-18(20(23)25)22-12-11-14-3-5-15(21)6-4-14/h3-10,18,22H,2,11-13H2,1H3. The van der Waals surface area contributed by atoms with Crippen molar-refractivity contribution in [3.05, 3.63) is 59.1 Å². The summed E-state index contributed by atoms with van der Waals surface area (Å²) < 4.78 is 5.39. The molecule has 6 heteroatoms. The molecule has 136 valence electrons. The van der Waals surface area contributed by atoms with Crippen LogP contribution in [0.15, 0.2) is 48.5 Å². The summed E-state index contributed by atoms with van der Waals surface area (Å²) in [4.78, 5) is 26.1. The molecule has 1 heterocycles. The van der Waals surface area contributed by atoms with Crippen molar-refractivity contribution in [2.45, 2.75) is 25.8 Å². The van der Waals surface area contributed by atoms with Gasteiger partial charge in [-0.3, -0.25) is 9.59 Å². The molecule has 2 aromatic rings. The summed E-state index contributed by atoms with van der Waals surface area (Å²) in [5.74, 6) is 0.311. The van der Waals surface area contributed by atoms with Crippen molar-refractivity contribution in [1.82, 2.24) is 5.32 Å². The average molecular weight is 373 g/mol. The van der Waals surface area contributed by atoms with Gasteiger partial charge < -0.3 is 10.1 Å². The third kappa shape index (κ3) is 4.23. The number of hydrogen-bond donors (Lipinski definition) is 1. The Morgan fingerprint density at radius 3 is 2.46 bits per heavy atom. The van der Waals surface area contributed by atoms with Crippen molar-refractivity contribution in [2.24, 2.45) is 0 Å². The molecule has 1 N–H and O–H groups in total. The van der Waals surface area contributed by atoms with Crippen molar-refractivity contribution < 1.29 is 14.3 Å². The Balaban J connectivity index is 1.58. The van der Waals surface area contributed by atoms with Gasteiger partial charge in [0.05, 0.1) is 24.8 Å². The van der Waals surface area contributed by atoms with E-state index in [1.165, 1.54) is 4.90 Å². The van der Waals surface area contributed by atoms with Crippen molar-refractivity contribution in [2.75, 3.05) is 18.1 Å². The van der Waals surface area contributed by atoms with Crippen LogP contribution in [0.25, 0.3) is 0 Å². The van der Waals surface area contributed by atoms with Crippen LogP contribution in [0, 0.1) is 0 Å². The Labute approximate surface area is 157 Å². The second-order valence-electron chi connectivity index (χ2n) is 6.08. The quantitative estimate of drug-likeness (QED) is 0.758. The summed E-state index contributed by atoms with van der Waals surface area (Å²) in [6, 6.07) is 14.1. The fraction of sp³-hybridized carbons (Fsp3) is 0.300. The summed E-state index contributed by atoms with van der Waals surface area (Å²) in [7, 11) is 0. The van der Waals surface area contributed by atoms with Crippen molar-refractivity contribution in [3.63, 3.8) is 0 Å². The van der Waals surface area contributed by atoms with Crippen molar-refractivity contribution in [1.29, 1.82) is 0 Å². The van der Waals surface area contributed by atoms with Gasteiger partial charge in [-0.05, 0) is 61.9 Å². The summed E-state index contributed by atoms with van der Waals surface area (Å²) in [6.07, 6.45) is 0.935. The number of benzene rings is 2. The van der Waals surface area contributed by atoms with Gasteiger partial charge in [0, 0.05) is 5.02 Å². The molecule has 5 nitrogen and oxygen atoms in total. The molecule has 0 radical (unpaired) electrons. The summed E-state index contributed by atoms with van der Waals surface area (Å²) in [6.45, 7) is 3.09. The molecule has 26 heavy (non-hydrogen) atoms. The largest absolute Gasteiger partial charge is 0.494 e. The fourth-order valence-electron chi connectivity index (χ4n) is 2.96. The topological polar surface area (TPSA) is 58.6 Å². The highest BCUT2D eigenvalue weighted by atomic mass is 35.5. The van der Waals surface area contributed by atoms with Gasteiger partial charge >= 0.3 is 0 Å². The molecule has 3 rings (SSSR count). The van der Waals surface area contributed by atoms with E-state index in [-0.39, 0.29) is 18.2 Å². The van der Waals surface area contributed by atoms with Crippen LogP contribution in [0.1, 0.15) is 18.9 Å². The first-order valence-corrected chi connectivity index (χ1v) is 9.03. The first-order chi connectivity index (χ1) is 12.6. The van der Waals surface area contributed by atoms with Gasteiger partial charge in [-0.25, -0.2) is 4.90 Å². The van der Waals surface area contributed by atoms with Gasteiger partial charge in [-0.2, -0.15) is 0 Å². The zero-order chi connectivity index (χ0) is 18.5. The number of nitrogens with zero attached hydrogens (tertiary/aromatic N) is 1. The van der Waals surface area contributed by atoms with E-state index in [1.54, 1.807) is 24.3 Å². The number of rotatable bonds is 7. The van der Waals surface area contributed by atoms with E-state index in [1.807, 2.05) is 31.2 Å². The summed E-state index contributed by atoms with van der Waals surface area (Å²) >= 11 is 5.87. The smallest absolute Gasteiger partial charge is 0.251 e. The van der Waals surface area contributed by atoms with Crippen LogP contribution in [0.3, 0.4) is 0 Å². The Kier molecular flexibility index (Phi) is 5.91. The van der Waals surface area contributed by atoms with Gasteiger partial charge in [0.25, 0.3) is 5.91 Å². The first-order valence-electron chi connectivity index (χ1n) is 8.66. The van der Waals surface area contributed by atoms with E-state index < -0.39 is 6.04 Å². The minimum absolute atomic E-state index is 0.173. The van der Waals surface area contributed by atoms with E-state index in [2.05, 4.69) is 5.32 Å². The predicted molar refractivity (Wildman–Crippen MR) is 102 cm³/mol. The Morgan fingerprint density at radius 2 is 1.81 bits per heavy atom. The number of ether oxygens (including phenoxy) is 1. The lowest BCUT2D eigenvalue weighted by Crippen LogP contribution is -2.39. The Bertz CT molecular complexity index is 775. The Hall–Kier alpha value is -2.37. The highest BCUT2D eigenvalue weighted by Gasteiger charge is 2.39. The molecule has 0 spiro atoms. The lowest BCUT2D eigenvalue weighted by Gasteiger charge is -2.16. The van der Waals surface area contributed by atoms with Crippen molar-refractivity contribution >= 4 is 29.1 Å². The summed E-state index contributed by atoms with van der Waals surface area (Å²) in [5.41, 5.74) is 1.70. The van der Waals surface area contributed by atoms with Crippen LogP contribution in [-0.4, -0.2) is 31.0 Å². The number of carbonyl (C=O) groups excluding carboxylic acids is 2. The maximum absolute atomic E-state index is 12.6. The number of anilines is 1. The SMILES string of the molecule is CCOc1ccc(N2C(=O)CC(NCCc3ccc(Cl)cc3)C2=O)cc1. The van der Waals surface area contributed by atoms with Gasteiger partial charge in [0.1, 0.15) is 5.75 Å². The van der Waals surface area contributed by atoms with E-state index in [4.69, 9.17) is 16.3 Å². The molecule has 1 aliphatic heterocycles. The zero-order valence-electron chi connectivity index (χ0n) is 14.6. The highest BCUT2D eigenvalue weighted by Crippen LogP contribution is 2.25. The van der Waals surface area contributed by atoms with Crippen LogP contribution in [-0.2, 0) is 16.0 Å². The van der Waals surface area contributed by atoms with E-state index >= 15 is 0 Å². The lowest BCUT2D eigenvalue weighted by atomic mass is 10.1. The van der Waals surface area contributed by atoms with Gasteiger partial charge in [-0.1, -0.05) is 23.7 Å². The number of halogens is 1. The molecule has 1 fully saturated rings. The highest BCUT2D eigenvalue weighted by molar-refractivity contribution is 6.30. The molecule has 0 aromatic heterocycles. The number of amides is 2. The summed E-state index contributed by atoms with van der Waals surface area (Å²) in [5, 5.41) is 3.88. The monoisotopic (exact) mass is 372 g/mol. The third-order valence-electron chi connectivity index (χ3n) is 4.27. The van der Waals surface area contributed by atoms with Crippen LogP contribution in [0.4, 0.5) is 5.69 Å². The van der Waals surface area contributed by atoms with Crippen molar-refractivity contribution in [3.8, 4) is 5.75 Å². The number of imide groups is 1. The molecule has 0 aliphatic carbocycles. The molecular formula is C20H21ClN2O3. The molecule has 0 saturated carbocycles. The molecule has 1 atom stereocenters. The van der Waals surface area contributed by atoms with E-state index in [9.17, 15) is 9.59 Å². The van der Waals surface area contributed by atoms with Crippen LogP contribution >= 0.6 is 11.6 Å². The van der Waals surface area contributed by atoms with Crippen LogP contribution in [0.2, 0.25) is 5.02 Å². The predicted octanol–water partition coefficient (Wildman–Crippen LogP) is 3.20. The molecule has 2 amide bonds. The van der Waals surface area contributed by atoms with Gasteiger partial charge in [-0.15, -0.1) is 0 Å². The number of nitrogens with one attached hydrogen (secondary N) is 1.